The molecule has 1 fully saturated rings. The third-order valence-electron chi connectivity index (χ3n) is 3.60. The van der Waals surface area contributed by atoms with Crippen molar-refractivity contribution < 1.29 is 4.79 Å². The Labute approximate surface area is 114 Å². The zero-order valence-corrected chi connectivity index (χ0v) is 11.7. The summed E-state index contributed by atoms with van der Waals surface area (Å²) in [4.78, 5) is 22.8. The molecule has 0 spiro atoms. The Kier molecular flexibility index (Phi) is 4.85. The second kappa shape index (κ2) is 6.61. The lowest BCUT2D eigenvalue weighted by atomic mass is 10.1. The van der Waals surface area contributed by atoms with E-state index in [9.17, 15) is 4.79 Å². The second-order valence-electron chi connectivity index (χ2n) is 5.21. The number of nitrogens with one attached hydrogen (secondary N) is 1. The molecule has 1 amide bonds. The number of hydrogen-bond acceptors (Lipinski definition) is 4. The van der Waals surface area contributed by atoms with E-state index in [1.54, 1.807) is 12.4 Å². The van der Waals surface area contributed by atoms with Crippen molar-refractivity contribution in [3.8, 4) is 0 Å². The van der Waals surface area contributed by atoms with Crippen LogP contribution in [-0.4, -0.2) is 40.4 Å². The molecule has 0 unspecified atom stereocenters. The molecule has 1 aromatic rings. The van der Waals surface area contributed by atoms with Crippen molar-refractivity contribution in [3.05, 3.63) is 23.8 Å². The van der Waals surface area contributed by atoms with E-state index in [1.807, 2.05) is 14.0 Å². The first-order valence-corrected chi connectivity index (χ1v) is 6.92. The predicted octanol–water partition coefficient (Wildman–Crippen LogP) is 1.28. The molecule has 2 rings (SSSR count). The Hall–Kier alpha value is -1.49. The molecule has 0 aliphatic carbocycles. The standard InChI is InChI=1S/C14H22N4O/c1-11-8-16-12(9-15-11)10-17-14(19)13-6-4-3-5-7-18(13)2/h8-9,13H,3-7,10H2,1-2H3,(H,17,19)/t13-/m0/s1. The van der Waals surface area contributed by atoms with Gasteiger partial charge in [0.05, 0.1) is 30.2 Å². The molecule has 2 heterocycles. The summed E-state index contributed by atoms with van der Waals surface area (Å²) in [6, 6.07) is 0.000840. The molecule has 0 bridgehead atoms. The lowest BCUT2D eigenvalue weighted by Gasteiger charge is -2.24. The number of hydrogen-bond donors (Lipinski definition) is 1. The molecule has 5 nitrogen and oxygen atoms in total. The first-order chi connectivity index (χ1) is 9.16. The number of carbonyl (C=O) groups is 1. The first-order valence-electron chi connectivity index (χ1n) is 6.92. The summed E-state index contributed by atoms with van der Waals surface area (Å²) in [7, 11) is 2.03. The number of amides is 1. The highest BCUT2D eigenvalue weighted by atomic mass is 16.2. The maximum absolute atomic E-state index is 12.2. The lowest BCUT2D eigenvalue weighted by molar-refractivity contribution is -0.126. The van der Waals surface area contributed by atoms with Gasteiger partial charge in [-0.05, 0) is 33.4 Å². The summed E-state index contributed by atoms with van der Waals surface area (Å²) in [5.74, 6) is 0.103. The fraction of sp³-hybridized carbons (Fsp3) is 0.643. The van der Waals surface area contributed by atoms with Crippen LogP contribution in [0.4, 0.5) is 0 Å². The Balaban J connectivity index is 1.87. The highest BCUT2D eigenvalue weighted by molar-refractivity contribution is 5.81. The van der Waals surface area contributed by atoms with Crippen LogP contribution in [0.5, 0.6) is 0 Å². The van der Waals surface area contributed by atoms with E-state index in [2.05, 4.69) is 20.2 Å². The Bertz CT molecular complexity index is 418. The fourth-order valence-corrected chi connectivity index (χ4v) is 2.39. The summed E-state index contributed by atoms with van der Waals surface area (Å²) in [6.07, 6.45) is 7.92. The van der Waals surface area contributed by atoms with E-state index in [1.165, 1.54) is 12.8 Å². The van der Waals surface area contributed by atoms with Crippen LogP contribution in [0.3, 0.4) is 0 Å². The number of aryl methyl sites for hydroxylation is 1. The maximum Gasteiger partial charge on any atom is 0.237 e. The Morgan fingerprint density at radius 2 is 2.21 bits per heavy atom. The third-order valence-corrected chi connectivity index (χ3v) is 3.60. The number of nitrogens with zero attached hydrogens (tertiary/aromatic N) is 3. The van der Waals surface area contributed by atoms with Crippen molar-refractivity contribution in [2.45, 2.75) is 45.2 Å². The van der Waals surface area contributed by atoms with Crippen molar-refractivity contribution in [1.82, 2.24) is 20.2 Å². The van der Waals surface area contributed by atoms with Gasteiger partial charge in [-0.15, -0.1) is 0 Å². The van der Waals surface area contributed by atoms with E-state index in [0.717, 1.165) is 30.8 Å². The van der Waals surface area contributed by atoms with Crippen LogP contribution in [0.2, 0.25) is 0 Å². The first kappa shape index (κ1) is 13.9. The van der Waals surface area contributed by atoms with Crippen LogP contribution in [0.25, 0.3) is 0 Å². The molecule has 5 heteroatoms. The average Bonchev–Trinajstić information content (AvgIpc) is 2.62. The van der Waals surface area contributed by atoms with E-state index in [-0.39, 0.29) is 11.9 Å². The molecule has 0 aromatic carbocycles. The highest BCUT2D eigenvalue weighted by Crippen LogP contribution is 2.15. The van der Waals surface area contributed by atoms with Gasteiger partial charge in [-0.25, -0.2) is 0 Å². The van der Waals surface area contributed by atoms with Crippen LogP contribution in [0.15, 0.2) is 12.4 Å². The molecule has 1 aliphatic heterocycles. The average molecular weight is 262 g/mol. The topological polar surface area (TPSA) is 58.1 Å². The minimum absolute atomic E-state index is 0.000840. The summed E-state index contributed by atoms with van der Waals surface area (Å²) >= 11 is 0. The molecule has 1 aromatic heterocycles. The summed E-state index contributed by atoms with van der Waals surface area (Å²) in [5.41, 5.74) is 1.69. The number of likely N-dealkylation sites (tertiary alicyclic amines) is 1. The van der Waals surface area contributed by atoms with Gasteiger partial charge in [0, 0.05) is 6.20 Å². The molecular weight excluding hydrogens is 240 g/mol. The molecule has 1 atom stereocenters. The third kappa shape index (κ3) is 3.99. The second-order valence-corrected chi connectivity index (χ2v) is 5.21. The van der Waals surface area contributed by atoms with Crippen LogP contribution in [0, 0.1) is 6.92 Å². The number of rotatable bonds is 3. The Morgan fingerprint density at radius 1 is 1.37 bits per heavy atom. The summed E-state index contributed by atoms with van der Waals surface area (Å²) < 4.78 is 0. The van der Waals surface area contributed by atoms with Crippen molar-refractivity contribution in [1.29, 1.82) is 0 Å². The molecule has 19 heavy (non-hydrogen) atoms. The molecule has 1 saturated heterocycles. The number of likely N-dealkylation sites (N-methyl/N-ethyl adjacent to an activating group) is 1. The van der Waals surface area contributed by atoms with Crippen molar-refractivity contribution in [2.75, 3.05) is 13.6 Å². The maximum atomic E-state index is 12.2. The molecule has 0 saturated carbocycles. The van der Waals surface area contributed by atoms with Gasteiger partial charge in [-0.1, -0.05) is 12.8 Å². The van der Waals surface area contributed by atoms with Crippen LogP contribution in [0.1, 0.15) is 37.1 Å². The van der Waals surface area contributed by atoms with Gasteiger partial charge in [0.25, 0.3) is 0 Å². The van der Waals surface area contributed by atoms with Crippen molar-refractivity contribution >= 4 is 5.91 Å². The molecule has 1 N–H and O–H groups in total. The smallest absolute Gasteiger partial charge is 0.237 e. The van der Waals surface area contributed by atoms with Gasteiger partial charge in [0.15, 0.2) is 0 Å². The largest absolute Gasteiger partial charge is 0.349 e. The predicted molar refractivity (Wildman–Crippen MR) is 73.5 cm³/mol. The van der Waals surface area contributed by atoms with Crippen LogP contribution >= 0.6 is 0 Å². The van der Waals surface area contributed by atoms with Gasteiger partial charge in [0.2, 0.25) is 5.91 Å². The summed E-state index contributed by atoms with van der Waals surface area (Å²) in [5, 5.41) is 2.96. The molecule has 0 radical (unpaired) electrons. The van der Waals surface area contributed by atoms with E-state index < -0.39 is 0 Å². The van der Waals surface area contributed by atoms with E-state index in [0.29, 0.717) is 6.54 Å². The van der Waals surface area contributed by atoms with E-state index >= 15 is 0 Å². The molecular formula is C14H22N4O. The van der Waals surface area contributed by atoms with Gasteiger partial charge in [-0.3, -0.25) is 19.7 Å². The van der Waals surface area contributed by atoms with Crippen molar-refractivity contribution in [2.24, 2.45) is 0 Å². The lowest BCUT2D eigenvalue weighted by Crippen LogP contribution is -2.44. The Morgan fingerprint density at radius 3 is 2.95 bits per heavy atom. The van der Waals surface area contributed by atoms with Gasteiger partial charge in [0.1, 0.15) is 0 Å². The normalized spacial score (nSPS) is 20.8. The number of carbonyl (C=O) groups excluding carboxylic acids is 1. The minimum Gasteiger partial charge on any atom is -0.349 e. The van der Waals surface area contributed by atoms with Crippen LogP contribution < -0.4 is 5.32 Å². The van der Waals surface area contributed by atoms with Crippen molar-refractivity contribution in [3.63, 3.8) is 0 Å². The van der Waals surface area contributed by atoms with Gasteiger partial charge < -0.3 is 5.32 Å². The van der Waals surface area contributed by atoms with Gasteiger partial charge in [-0.2, -0.15) is 0 Å². The monoisotopic (exact) mass is 262 g/mol. The summed E-state index contributed by atoms with van der Waals surface area (Å²) in [6.45, 7) is 3.36. The zero-order chi connectivity index (χ0) is 13.7. The quantitative estimate of drug-likeness (QED) is 0.891. The van der Waals surface area contributed by atoms with Crippen LogP contribution in [-0.2, 0) is 11.3 Å². The molecule has 104 valence electrons. The highest BCUT2D eigenvalue weighted by Gasteiger charge is 2.24. The van der Waals surface area contributed by atoms with E-state index in [4.69, 9.17) is 0 Å². The zero-order valence-electron chi connectivity index (χ0n) is 11.7. The fourth-order valence-electron chi connectivity index (χ4n) is 2.39. The SMILES string of the molecule is Cc1cnc(CNC(=O)[C@@H]2CCCCCN2C)cn1. The van der Waals surface area contributed by atoms with Gasteiger partial charge >= 0.3 is 0 Å². The number of aromatic nitrogens is 2. The molecule has 1 aliphatic rings. The minimum atomic E-state index is 0.000840.